The summed E-state index contributed by atoms with van der Waals surface area (Å²) in [5, 5.41) is 6.80. The predicted molar refractivity (Wildman–Crippen MR) is 119 cm³/mol. The Morgan fingerprint density at radius 3 is 2.83 bits per heavy atom. The summed E-state index contributed by atoms with van der Waals surface area (Å²) in [5.41, 5.74) is 10.9. The van der Waals surface area contributed by atoms with Crippen molar-refractivity contribution in [2.75, 3.05) is 5.73 Å². The monoisotopic (exact) mass is 397 g/mol. The van der Waals surface area contributed by atoms with Crippen LogP contribution in [0.15, 0.2) is 59.5 Å². The van der Waals surface area contributed by atoms with E-state index in [4.69, 9.17) is 10.2 Å². The van der Waals surface area contributed by atoms with Crippen molar-refractivity contribution in [2.24, 2.45) is 0 Å². The molecule has 0 bridgehead atoms. The highest BCUT2D eigenvalue weighted by molar-refractivity contribution is 6.00. The third kappa shape index (κ3) is 2.79. The first-order chi connectivity index (χ1) is 14.8. The van der Waals surface area contributed by atoms with E-state index in [1.165, 1.54) is 37.5 Å². The molecule has 150 valence electrons. The van der Waals surface area contributed by atoms with Crippen molar-refractivity contribution < 1.29 is 4.42 Å². The summed E-state index contributed by atoms with van der Waals surface area (Å²) >= 11 is 0. The van der Waals surface area contributed by atoms with Crippen LogP contribution in [0, 0.1) is 0 Å². The molecule has 1 aliphatic carbocycles. The van der Waals surface area contributed by atoms with Crippen molar-refractivity contribution in [1.82, 2.24) is 19.7 Å². The zero-order chi connectivity index (χ0) is 20.1. The number of rotatable bonds is 3. The topological polar surface area (TPSA) is 85.7 Å². The minimum atomic E-state index is 0.403. The zero-order valence-corrected chi connectivity index (χ0v) is 16.6. The number of anilines is 1. The van der Waals surface area contributed by atoms with Crippen LogP contribution in [0.25, 0.3) is 44.3 Å². The van der Waals surface area contributed by atoms with Gasteiger partial charge in [-0.1, -0.05) is 31.4 Å². The summed E-state index contributed by atoms with van der Waals surface area (Å²) in [6.45, 7) is 0. The van der Waals surface area contributed by atoms with Crippen LogP contribution < -0.4 is 5.73 Å². The molecular formula is C24H23N5O. The summed E-state index contributed by atoms with van der Waals surface area (Å²) in [7, 11) is 0. The lowest BCUT2D eigenvalue weighted by atomic mass is 9.96. The predicted octanol–water partition coefficient (Wildman–Crippen LogP) is 5.93. The minimum Gasteiger partial charge on any atom is -0.452 e. The van der Waals surface area contributed by atoms with Crippen LogP contribution in [0.3, 0.4) is 0 Å². The molecule has 6 heteroatoms. The van der Waals surface area contributed by atoms with Crippen molar-refractivity contribution in [3.8, 4) is 22.5 Å². The number of nitrogens with zero attached hydrogens (tertiary/aromatic N) is 3. The number of nitrogens with two attached hydrogens (primary N) is 1. The number of hydrogen-bond acceptors (Lipinski definition) is 4. The van der Waals surface area contributed by atoms with Gasteiger partial charge in [-0.05, 0) is 36.4 Å². The Morgan fingerprint density at radius 1 is 1.03 bits per heavy atom. The van der Waals surface area contributed by atoms with Gasteiger partial charge in [-0.15, -0.1) is 0 Å². The van der Waals surface area contributed by atoms with Crippen LogP contribution in [-0.2, 0) is 0 Å². The van der Waals surface area contributed by atoms with E-state index in [1.54, 1.807) is 0 Å². The number of aromatic nitrogens is 4. The largest absolute Gasteiger partial charge is 0.452 e. The average molecular weight is 397 g/mol. The Morgan fingerprint density at radius 2 is 1.93 bits per heavy atom. The van der Waals surface area contributed by atoms with Crippen molar-refractivity contribution in [1.29, 1.82) is 0 Å². The van der Waals surface area contributed by atoms with Crippen LogP contribution in [0.2, 0.25) is 0 Å². The molecule has 0 saturated heterocycles. The van der Waals surface area contributed by atoms with Crippen molar-refractivity contribution in [3.05, 3.63) is 55.1 Å². The first-order valence-corrected chi connectivity index (χ1v) is 10.6. The van der Waals surface area contributed by atoms with E-state index in [2.05, 4.69) is 56.3 Å². The Bertz CT molecular complexity index is 1350. The van der Waals surface area contributed by atoms with Gasteiger partial charge in [-0.2, -0.15) is 5.10 Å². The third-order valence-corrected chi connectivity index (χ3v) is 6.29. The smallest absolute Gasteiger partial charge is 0.177 e. The van der Waals surface area contributed by atoms with E-state index in [0.29, 0.717) is 17.4 Å². The van der Waals surface area contributed by atoms with Crippen LogP contribution in [0.1, 0.15) is 38.1 Å². The second-order valence-electron chi connectivity index (χ2n) is 8.19. The molecule has 30 heavy (non-hydrogen) atoms. The normalized spacial score (nSPS) is 15.3. The summed E-state index contributed by atoms with van der Waals surface area (Å²) in [6.07, 6.45) is 14.1. The van der Waals surface area contributed by atoms with Crippen molar-refractivity contribution in [2.45, 2.75) is 38.1 Å². The highest BCUT2D eigenvalue weighted by Gasteiger charge is 2.19. The standard InChI is InChI=1S/C24H23N5O/c25-24-23-19(11-22(30-23)16-7-6-15-8-9-26-21(15)10-16)20(13-27-24)17-12-28-29(14-17)18-4-2-1-3-5-18/h6-14,18,26H,1-5H2,(H2,25,27). The molecule has 0 atom stereocenters. The van der Waals surface area contributed by atoms with Crippen molar-refractivity contribution in [3.63, 3.8) is 0 Å². The Hall–Kier alpha value is -3.54. The maximum absolute atomic E-state index is 6.17. The summed E-state index contributed by atoms with van der Waals surface area (Å²) in [5.74, 6) is 1.18. The third-order valence-electron chi connectivity index (χ3n) is 6.29. The molecule has 1 saturated carbocycles. The fourth-order valence-electron chi connectivity index (χ4n) is 4.64. The lowest BCUT2D eigenvalue weighted by molar-refractivity contribution is 0.329. The quantitative estimate of drug-likeness (QED) is 0.395. The van der Waals surface area contributed by atoms with E-state index >= 15 is 0 Å². The fourth-order valence-corrected chi connectivity index (χ4v) is 4.64. The molecule has 0 aliphatic heterocycles. The first-order valence-electron chi connectivity index (χ1n) is 10.6. The van der Waals surface area contributed by atoms with Gasteiger partial charge in [0.25, 0.3) is 0 Å². The number of H-pyrrole nitrogens is 1. The SMILES string of the molecule is Nc1ncc(-c2cnn(C3CCCCC3)c2)c2cc(-c3ccc4cc[nH]c4c3)oc12. The molecule has 1 fully saturated rings. The first kappa shape index (κ1) is 17.3. The fraction of sp³-hybridized carbons (Fsp3) is 0.250. The molecule has 0 radical (unpaired) electrons. The maximum atomic E-state index is 6.17. The Kier molecular flexibility index (Phi) is 3.91. The van der Waals surface area contributed by atoms with Gasteiger partial charge < -0.3 is 15.1 Å². The Labute approximate surface area is 173 Å². The molecule has 0 spiro atoms. The van der Waals surface area contributed by atoms with Gasteiger partial charge in [-0.25, -0.2) is 4.98 Å². The van der Waals surface area contributed by atoms with Crippen LogP contribution in [0.4, 0.5) is 5.82 Å². The van der Waals surface area contributed by atoms with Crippen LogP contribution in [-0.4, -0.2) is 19.7 Å². The number of nitrogens with one attached hydrogen (secondary N) is 1. The van der Waals surface area contributed by atoms with Gasteiger partial charge in [0.2, 0.25) is 0 Å². The second-order valence-corrected chi connectivity index (χ2v) is 8.19. The summed E-state index contributed by atoms with van der Waals surface area (Å²) in [4.78, 5) is 7.65. The molecule has 4 heterocycles. The lowest BCUT2D eigenvalue weighted by Crippen LogP contribution is -2.12. The van der Waals surface area contributed by atoms with Gasteiger partial charge in [-0.3, -0.25) is 4.68 Å². The number of pyridine rings is 1. The molecule has 5 aromatic rings. The molecule has 1 aromatic carbocycles. The molecule has 3 N–H and O–H groups in total. The lowest BCUT2D eigenvalue weighted by Gasteiger charge is -2.21. The molecule has 0 unspecified atom stereocenters. The summed E-state index contributed by atoms with van der Waals surface area (Å²) < 4.78 is 8.29. The highest BCUT2D eigenvalue weighted by Crippen LogP contribution is 2.37. The molecule has 1 aliphatic rings. The molecule has 4 aromatic heterocycles. The van der Waals surface area contributed by atoms with Crippen LogP contribution in [0.5, 0.6) is 0 Å². The number of furan rings is 1. The molecular weight excluding hydrogens is 374 g/mol. The molecule has 0 amide bonds. The van der Waals surface area contributed by atoms with Gasteiger partial charge in [0, 0.05) is 46.2 Å². The highest BCUT2D eigenvalue weighted by atomic mass is 16.3. The van der Waals surface area contributed by atoms with E-state index in [1.807, 2.05) is 18.6 Å². The Balaban J connectivity index is 1.44. The van der Waals surface area contributed by atoms with E-state index in [0.717, 1.165) is 33.4 Å². The van der Waals surface area contributed by atoms with Gasteiger partial charge >= 0.3 is 0 Å². The molecule has 6 nitrogen and oxygen atoms in total. The van der Waals surface area contributed by atoms with E-state index < -0.39 is 0 Å². The van der Waals surface area contributed by atoms with E-state index in [9.17, 15) is 0 Å². The molecule has 6 rings (SSSR count). The van der Waals surface area contributed by atoms with Gasteiger partial charge in [0.1, 0.15) is 5.76 Å². The number of aromatic amines is 1. The maximum Gasteiger partial charge on any atom is 0.177 e. The number of nitrogen functional groups attached to an aromatic ring is 1. The van der Waals surface area contributed by atoms with E-state index in [-0.39, 0.29) is 0 Å². The zero-order valence-electron chi connectivity index (χ0n) is 16.6. The average Bonchev–Trinajstić information content (AvgIpc) is 3.53. The minimum absolute atomic E-state index is 0.403. The van der Waals surface area contributed by atoms with Gasteiger partial charge in [0.05, 0.1) is 12.2 Å². The summed E-state index contributed by atoms with van der Waals surface area (Å²) in [6, 6.07) is 10.9. The van der Waals surface area contributed by atoms with Crippen LogP contribution >= 0.6 is 0 Å². The second kappa shape index (κ2) is 6.76. The van der Waals surface area contributed by atoms with Crippen molar-refractivity contribution >= 4 is 27.7 Å². The number of fused-ring (bicyclic) bond motifs is 2. The van der Waals surface area contributed by atoms with Gasteiger partial charge in [0.15, 0.2) is 11.4 Å². The number of hydrogen-bond donors (Lipinski definition) is 2. The number of benzene rings is 1.